The van der Waals surface area contributed by atoms with Crippen LogP contribution in [0.3, 0.4) is 0 Å². The number of hydrogen-bond donors (Lipinski definition) is 2. The predicted molar refractivity (Wildman–Crippen MR) is 74.7 cm³/mol. The van der Waals surface area contributed by atoms with E-state index in [9.17, 15) is 8.42 Å². The minimum atomic E-state index is -3.28. The number of methoxy groups -OCH3 is 1. The van der Waals surface area contributed by atoms with Crippen LogP contribution in [0.1, 0.15) is 12.8 Å². The van der Waals surface area contributed by atoms with Crippen molar-refractivity contribution in [1.29, 1.82) is 0 Å². The fourth-order valence-corrected chi connectivity index (χ4v) is 2.70. The van der Waals surface area contributed by atoms with Crippen molar-refractivity contribution < 1.29 is 13.2 Å². The molecule has 0 aliphatic heterocycles. The molecule has 0 atom stereocenters. The van der Waals surface area contributed by atoms with Gasteiger partial charge in [-0.2, -0.15) is 5.10 Å². The summed E-state index contributed by atoms with van der Waals surface area (Å²) in [5.41, 5.74) is 0.490. The van der Waals surface area contributed by atoms with Gasteiger partial charge in [0.05, 0.1) is 30.8 Å². The van der Waals surface area contributed by atoms with Crippen molar-refractivity contribution in [3.8, 4) is 0 Å². The molecule has 0 spiro atoms. The Balaban J connectivity index is 2.41. The molecule has 0 unspecified atom stereocenters. The van der Waals surface area contributed by atoms with Gasteiger partial charge in [0.2, 0.25) is 10.0 Å². The van der Waals surface area contributed by atoms with Crippen molar-refractivity contribution in [1.82, 2.24) is 15.1 Å². The minimum absolute atomic E-state index is 0.123. The Morgan fingerprint density at radius 3 is 2.89 bits per heavy atom. The number of nitrogens with one attached hydrogen (secondary N) is 2. The van der Waals surface area contributed by atoms with Crippen LogP contribution in [0.15, 0.2) is 12.4 Å². The molecule has 0 aliphatic rings. The molecular formula is C11H22N4O3S. The average Bonchev–Trinajstić information content (AvgIpc) is 2.79. The van der Waals surface area contributed by atoms with Crippen molar-refractivity contribution in [2.45, 2.75) is 19.4 Å². The molecule has 0 radical (unpaired) electrons. The monoisotopic (exact) mass is 290 g/mol. The second kappa shape index (κ2) is 8.13. The number of aromatic nitrogens is 2. The maximum atomic E-state index is 11.8. The first-order chi connectivity index (χ1) is 9.07. The van der Waals surface area contributed by atoms with Crippen molar-refractivity contribution in [2.24, 2.45) is 0 Å². The molecule has 0 aliphatic carbocycles. The molecule has 1 aromatic rings. The molecule has 19 heavy (non-hydrogen) atoms. The predicted octanol–water partition coefficient (Wildman–Crippen LogP) is 0.271. The highest BCUT2D eigenvalue weighted by molar-refractivity contribution is 7.92. The van der Waals surface area contributed by atoms with E-state index in [2.05, 4.69) is 15.1 Å². The van der Waals surface area contributed by atoms with Gasteiger partial charge in [0.1, 0.15) is 0 Å². The zero-order chi connectivity index (χ0) is 14.1. The normalized spacial score (nSPS) is 11.7. The first-order valence-electron chi connectivity index (χ1n) is 6.24. The molecule has 1 rings (SSSR count). The van der Waals surface area contributed by atoms with Crippen molar-refractivity contribution in [3.63, 3.8) is 0 Å². The third-order valence-corrected chi connectivity index (χ3v) is 3.89. The van der Waals surface area contributed by atoms with Crippen molar-refractivity contribution >= 4 is 15.7 Å². The highest BCUT2D eigenvalue weighted by Crippen LogP contribution is 2.08. The number of sulfonamides is 1. The summed E-state index contributed by atoms with van der Waals surface area (Å²) in [6, 6.07) is 0. The lowest BCUT2D eigenvalue weighted by atomic mass is 10.3. The minimum Gasteiger partial charge on any atom is -0.383 e. The van der Waals surface area contributed by atoms with Gasteiger partial charge in [-0.05, 0) is 26.4 Å². The summed E-state index contributed by atoms with van der Waals surface area (Å²) >= 11 is 0. The number of nitrogens with zero attached hydrogens (tertiary/aromatic N) is 2. The van der Waals surface area contributed by atoms with Gasteiger partial charge in [0, 0.05) is 13.3 Å². The SMILES string of the molecule is CNCCCCS(=O)(=O)Nc1cnn(CCOC)c1. The summed E-state index contributed by atoms with van der Waals surface area (Å²) in [6.07, 6.45) is 4.63. The highest BCUT2D eigenvalue weighted by atomic mass is 32.2. The zero-order valence-electron chi connectivity index (χ0n) is 11.4. The van der Waals surface area contributed by atoms with E-state index in [1.807, 2.05) is 7.05 Å². The molecule has 0 fully saturated rings. The maximum Gasteiger partial charge on any atom is 0.232 e. The molecule has 1 heterocycles. The smallest absolute Gasteiger partial charge is 0.232 e. The van der Waals surface area contributed by atoms with Crippen LogP contribution >= 0.6 is 0 Å². The number of rotatable bonds is 10. The van der Waals surface area contributed by atoms with Crippen molar-refractivity contribution in [2.75, 3.05) is 37.8 Å². The van der Waals surface area contributed by atoms with Gasteiger partial charge in [-0.3, -0.25) is 9.40 Å². The topological polar surface area (TPSA) is 85.3 Å². The van der Waals surface area contributed by atoms with Crippen LogP contribution in [-0.2, 0) is 21.3 Å². The van der Waals surface area contributed by atoms with E-state index < -0.39 is 10.0 Å². The van der Waals surface area contributed by atoms with Gasteiger partial charge in [-0.15, -0.1) is 0 Å². The zero-order valence-corrected chi connectivity index (χ0v) is 12.2. The van der Waals surface area contributed by atoms with Crippen LogP contribution in [0.5, 0.6) is 0 Å². The number of ether oxygens (including phenoxy) is 1. The molecule has 8 heteroatoms. The molecule has 0 aromatic carbocycles. The summed E-state index contributed by atoms with van der Waals surface area (Å²) in [5, 5.41) is 7.03. The lowest BCUT2D eigenvalue weighted by molar-refractivity contribution is 0.183. The fourth-order valence-electron chi connectivity index (χ4n) is 1.55. The van der Waals surface area contributed by atoms with E-state index >= 15 is 0 Å². The largest absolute Gasteiger partial charge is 0.383 e. The van der Waals surface area contributed by atoms with Gasteiger partial charge < -0.3 is 10.1 Å². The number of unbranched alkanes of at least 4 members (excludes halogenated alkanes) is 1. The third-order valence-electron chi connectivity index (χ3n) is 2.52. The Labute approximate surface area is 114 Å². The molecule has 110 valence electrons. The summed E-state index contributed by atoms with van der Waals surface area (Å²) in [5.74, 6) is 0.123. The van der Waals surface area contributed by atoms with Crippen LogP contribution in [0.2, 0.25) is 0 Å². The summed E-state index contributed by atoms with van der Waals surface area (Å²) in [7, 11) is 0.173. The standard InChI is InChI=1S/C11H22N4O3S/c1-12-5-3-4-8-19(16,17)14-11-9-13-15(10-11)6-7-18-2/h9-10,12,14H,3-8H2,1-2H3. The van der Waals surface area contributed by atoms with Crippen LogP contribution in [0.25, 0.3) is 0 Å². The van der Waals surface area contributed by atoms with Crippen molar-refractivity contribution in [3.05, 3.63) is 12.4 Å². The van der Waals surface area contributed by atoms with E-state index in [-0.39, 0.29) is 5.75 Å². The Hall–Kier alpha value is -1.12. The first-order valence-corrected chi connectivity index (χ1v) is 7.89. The van der Waals surface area contributed by atoms with Gasteiger partial charge >= 0.3 is 0 Å². The second-order valence-corrected chi connectivity index (χ2v) is 6.06. The highest BCUT2D eigenvalue weighted by Gasteiger charge is 2.11. The third kappa shape index (κ3) is 6.55. The maximum absolute atomic E-state index is 11.8. The van der Waals surface area contributed by atoms with E-state index in [0.29, 0.717) is 25.3 Å². The molecule has 0 saturated carbocycles. The second-order valence-electron chi connectivity index (χ2n) is 4.22. The summed E-state index contributed by atoms with van der Waals surface area (Å²) in [4.78, 5) is 0. The Kier molecular flexibility index (Phi) is 6.82. The fraction of sp³-hybridized carbons (Fsp3) is 0.727. The first kappa shape index (κ1) is 15.9. The van der Waals surface area contributed by atoms with E-state index in [4.69, 9.17) is 4.74 Å². The summed E-state index contributed by atoms with van der Waals surface area (Å²) < 4.78 is 32.7. The average molecular weight is 290 g/mol. The molecule has 2 N–H and O–H groups in total. The molecule has 7 nitrogen and oxygen atoms in total. The Bertz CT molecular complexity index is 458. The number of anilines is 1. The number of hydrogen-bond acceptors (Lipinski definition) is 5. The van der Waals surface area contributed by atoms with E-state index in [1.165, 1.54) is 6.20 Å². The van der Waals surface area contributed by atoms with Crippen LogP contribution < -0.4 is 10.0 Å². The lowest BCUT2D eigenvalue weighted by Crippen LogP contribution is -2.17. The van der Waals surface area contributed by atoms with Crippen LogP contribution in [0.4, 0.5) is 5.69 Å². The summed E-state index contributed by atoms with van der Waals surface area (Å²) in [6.45, 7) is 1.96. The molecule has 0 amide bonds. The molecular weight excluding hydrogens is 268 g/mol. The van der Waals surface area contributed by atoms with Gasteiger partial charge in [-0.1, -0.05) is 0 Å². The Morgan fingerprint density at radius 1 is 1.42 bits per heavy atom. The quantitative estimate of drug-likeness (QED) is 0.604. The van der Waals surface area contributed by atoms with Crippen LogP contribution in [0, 0.1) is 0 Å². The molecule has 1 aromatic heterocycles. The van der Waals surface area contributed by atoms with Gasteiger partial charge in [0.15, 0.2) is 0 Å². The van der Waals surface area contributed by atoms with Gasteiger partial charge in [0.25, 0.3) is 0 Å². The van der Waals surface area contributed by atoms with Crippen LogP contribution in [-0.4, -0.2) is 51.3 Å². The lowest BCUT2D eigenvalue weighted by Gasteiger charge is -2.05. The molecule has 0 bridgehead atoms. The van der Waals surface area contributed by atoms with E-state index in [1.54, 1.807) is 18.0 Å². The molecule has 0 saturated heterocycles. The van der Waals surface area contributed by atoms with Gasteiger partial charge in [-0.25, -0.2) is 8.42 Å². The van der Waals surface area contributed by atoms with E-state index in [0.717, 1.165) is 13.0 Å². The Morgan fingerprint density at radius 2 is 2.21 bits per heavy atom.